The summed E-state index contributed by atoms with van der Waals surface area (Å²) in [5.74, 6) is -2.30. The summed E-state index contributed by atoms with van der Waals surface area (Å²) >= 11 is 0. The van der Waals surface area contributed by atoms with E-state index in [-0.39, 0.29) is 38.5 Å². The van der Waals surface area contributed by atoms with Crippen LogP contribution in [0.25, 0.3) is 0 Å². The highest BCUT2D eigenvalue weighted by atomic mass is 16.5. The van der Waals surface area contributed by atoms with E-state index in [4.69, 9.17) is 4.74 Å². The van der Waals surface area contributed by atoms with Crippen molar-refractivity contribution in [1.29, 1.82) is 0 Å². The molecule has 2 fully saturated rings. The van der Waals surface area contributed by atoms with Gasteiger partial charge in [0.25, 0.3) is 11.8 Å². The quantitative estimate of drug-likeness (QED) is 0.406. The normalized spacial score (nSPS) is 25.5. The monoisotopic (exact) mass is 524 g/mol. The van der Waals surface area contributed by atoms with Gasteiger partial charge in [-0.15, -0.1) is 0 Å². The van der Waals surface area contributed by atoms with Crippen molar-refractivity contribution in [3.63, 3.8) is 0 Å². The minimum absolute atomic E-state index is 0.0199. The number of benzene rings is 1. The lowest BCUT2D eigenvalue weighted by Gasteiger charge is -2.38. The molecule has 0 unspecified atom stereocenters. The molecule has 4 atom stereocenters. The summed E-state index contributed by atoms with van der Waals surface area (Å²) in [6.07, 6.45) is 1.62. The predicted molar refractivity (Wildman–Crippen MR) is 136 cm³/mol. The van der Waals surface area contributed by atoms with Crippen molar-refractivity contribution >= 4 is 29.5 Å². The third-order valence-corrected chi connectivity index (χ3v) is 6.52. The number of nitrogens with one attached hydrogen (secondary N) is 4. The van der Waals surface area contributed by atoms with E-state index >= 15 is 0 Å². The zero-order valence-corrected chi connectivity index (χ0v) is 21.3. The number of hydrogen-bond donors (Lipinski definition) is 4. The van der Waals surface area contributed by atoms with Crippen molar-refractivity contribution in [3.8, 4) is 0 Å². The molecular formula is C26H32N6O6. The summed E-state index contributed by atoms with van der Waals surface area (Å²) in [6.45, 7) is 1.37. The molecule has 1 aromatic carbocycles. The van der Waals surface area contributed by atoms with Crippen LogP contribution in [0.5, 0.6) is 0 Å². The summed E-state index contributed by atoms with van der Waals surface area (Å²) in [6, 6.07) is 8.96. The molecule has 5 amide bonds. The number of likely N-dealkylation sites (N-methyl/N-ethyl adjacent to an activating group) is 1. The van der Waals surface area contributed by atoms with E-state index in [0.29, 0.717) is 5.56 Å². The number of carbonyl (C=O) groups is 5. The second kappa shape index (κ2) is 11.9. The molecule has 12 heteroatoms. The van der Waals surface area contributed by atoms with Gasteiger partial charge in [-0.3, -0.25) is 24.0 Å². The highest BCUT2D eigenvalue weighted by Crippen LogP contribution is 2.16. The van der Waals surface area contributed by atoms with Crippen molar-refractivity contribution in [2.45, 2.75) is 37.6 Å². The van der Waals surface area contributed by atoms with Crippen LogP contribution in [0.2, 0.25) is 0 Å². The van der Waals surface area contributed by atoms with E-state index in [9.17, 15) is 24.0 Å². The van der Waals surface area contributed by atoms with Crippen LogP contribution in [-0.4, -0.2) is 102 Å². The molecule has 2 bridgehead atoms. The van der Waals surface area contributed by atoms with Gasteiger partial charge < -0.3 is 35.5 Å². The Balaban J connectivity index is 1.62. The fraction of sp³-hybridized carbons (Fsp3) is 0.423. The van der Waals surface area contributed by atoms with E-state index in [1.165, 1.54) is 23.8 Å². The van der Waals surface area contributed by atoms with Gasteiger partial charge in [-0.1, -0.05) is 30.3 Å². The number of H-pyrrole nitrogens is 1. The van der Waals surface area contributed by atoms with Gasteiger partial charge in [-0.2, -0.15) is 0 Å². The molecule has 2 aromatic rings. The Morgan fingerprint density at radius 1 is 1.03 bits per heavy atom. The summed E-state index contributed by atoms with van der Waals surface area (Å²) < 4.78 is 6.00. The fourth-order valence-electron chi connectivity index (χ4n) is 4.50. The molecule has 12 nitrogen and oxygen atoms in total. The lowest BCUT2D eigenvalue weighted by molar-refractivity contribution is -0.148. The Bertz CT molecular complexity index is 1170. The Morgan fingerprint density at radius 2 is 1.79 bits per heavy atom. The topological polar surface area (TPSA) is 153 Å². The molecule has 0 radical (unpaired) electrons. The van der Waals surface area contributed by atoms with Gasteiger partial charge in [0.05, 0.1) is 24.8 Å². The van der Waals surface area contributed by atoms with Crippen LogP contribution >= 0.6 is 0 Å². The van der Waals surface area contributed by atoms with E-state index < -0.39 is 47.9 Å². The molecular weight excluding hydrogens is 492 g/mol. The van der Waals surface area contributed by atoms with Gasteiger partial charge in [-0.05, 0) is 18.6 Å². The van der Waals surface area contributed by atoms with Gasteiger partial charge in [0.2, 0.25) is 17.7 Å². The Labute approximate surface area is 220 Å². The number of aromatic amines is 1. The van der Waals surface area contributed by atoms with Crippen LogP contribution in [-0.2, 0) is 30.3 Å². The maximum atomic E-state index is 13.4. The van der Waals surface area contributed by atoms with E-state index in [2.05, 4.69) is 20.9 Å². The number of amides is 5. The summed E-state index contributed by atoms with van der Waals surface area (Å²) in [7, 11) is 1.46. The molecule has 4 rings (SSSR count). The number of aromatic nitrogens is 1. The number of morpholine rings is 1. The van der Waals surface area contributed by atoms with Crippen LogP contribution in [0.15, 0.2) is 48.8 Å². The Hall–Kier alpha value is -4.19. The SMILES string of the molecule is C[C@H]1NC(=O)CN(C)C(=O)[C@@H](Cc2ccccc2)NC(=O)[C@H]2CN(C(=O)c3cc[nH]c3)C[C@H](CNC1=O)O2. The molecule has 38 heavy (non-hydrogen) atoms. The second-order valence-corrected chi connectivity index (χ2v) is 9.54. The first-order valence-corrected chi connectivity index (χ1v) is 12.4. The smallest absolute Gasteiger partial charge is 0.255 e. The molecule has 4 N–H and O–H groups in total. The van der Waals surface area contributed by atoms with Crippen LogP contribution in [0.4, 0.5) is 0 Å². The molecule has 2 aliphatic heterocycles. The van der Waals surface area contributed by atoms with E-state index in [1.54, 1.807) is 18.5 Å². The predicted octanol–water partition coefficient (Wildman–Crippen LogP) is -0.955. The van der Waals surface area contributed by atoms with Crippen molar-refractivity contribution in [1.82, 2.24) is 30.7 Å². The second-order valence-electron chi connectivity index (χ2n) is 9.54. The zero-order chi connectivity index (χ0) is 27.2. The molecule has 1 aromatic heterocycles. The average molecular weight is 525 g/mol. The first-order chi connectivity index (χ1) is 18.2. The van der Waals surface area contributed by atoms with Gasteiger partial charge in [0.15, 0.2) is 6.10 Å². The Kier molecular flexibility index (Phi) is 8.41. The molecule has 2 saturated heterocycles. The summed E-state index contributed by atoms with van der Waals surface area (Å²) in [5.41, 5.74) is 1.24. The third kappa shape index (κ3) is 6.57. The van der Waals surface area contributed by atoms with Gasteiger partial charge in [0, 0.05) is 39.0 Å². The van der Waals surface area contributed by atoms with Crippen LogP contribution < -0.4 is 16.0 Å². The van der Waals surface area contributed by atoms with Crippen molar-refractivity contribution in [2.75, 3.05) is 33.2 Å². The third-order valence-electron chi connectivity index (χ3n) is 6.52. The molecule has 202 valence electrons. The molecule has 3 heterocycles. The lowest BCUT2D eigenvalue weighted by Crippen LogP contribution is -2.59. The molecule has 0 saturated carbocycles. The zero-order valence-electron chi connectivity index (χ0n) is 21.3. The minimum Gasteiger partial charge on any atom is -0.367 e. The first kappa shape index (κ1) is 26.9. The number of rotatable bonds is 3. The molecule has 0 spiro atoms. The standard InChI is InChI=1S/C26H32N6O6/c1-16-23(34)28-12-19-13-32(25(36)18-8-9-27-11-18)14-21(38-19)24(35)30-20(10-17-6-4-3-5-7-17)26(37)31(2)15-22(33)29-16/h3-9,11,16,19-21,27H,10,12-15H2,1-2H3,(H,28,34)(H,29,33)(H,30,35)/t16-,19+,20-,21-/m1/s1. The highest BCUT2D eigenvalue weighted by Gasteiger charge is 2.37. The summed E-state index contributed by atoms with van der Waals surface area (Å²) in [4.78, 5) is 70.6. The van der Waals surface area contributed by atoms with Crippen molar-refractivity contribution < 1.29 is 28.7 Å². The molecule has 2 aliphatic rings. The number of ether oxygens (including phenoxy) is 1. The van der Waals surface area contributed by atoms with Crippen LogP contribution in [0.1, 0.15) is 22.8 Å². The van der Waals surface area contributed by atoms with Gasteiger partial charge in [0.1, 0.15) is 12.1 Å². The first-order valence-electron chi connectivity index (χ1n) is 12.4. The lowest BCUT2D eigenvalue weighted by atomic mass is 10.0. The van der Waals surface area contributed by atoms with E-state index in [0.717, 1.165) is 5.56 Å². The molecule has 0 aliphatic carbocycles. The van der Waals surface area contributed by atoms with E-state index in [1.807, 2.05) is 30.3 Å². The number of nitrogens with zero attached hydrogens (tertiary/aromatic N) is 2. The van der Waals surface area contributed by atoms with Crippen molar-refractivity contribution in [2.24, 2.45) is 0 Å². The summed E-state index contributed by atoms with van der Waals surface area (Å²) in [5, 5.41) is 8.08. The van der Waals surface area contributed by atoms with Crippen LogP contribution in [0, 0.1) is 0 Å². The highest BCUT2D eigenvalue weighted by molar-refractivity contribution is 5.96. The van der Waals surface area contributed by atoms with Crippen molar-refractivity contribution in [3.05, 3.63) is 59.9 Å². The largest absolute Gasteiger partial charge is 0.367 e. The number of fused-ring (bicyclic) bond motifs is 2. The Morgan fingerprint density at radius 3 is 2.50 bits per heavy atom. The number of carbonyl (C=O) groups excluding carboxylic acids is 5. The number of hydrogen-bond acceptors (Lipinski definition) is 6. The maximum absolute atomic E-state index is 13.4. The maximum Gasteiger partial charge on any atom is 0.255 e. The van der Waals surface area contributed by atoms with Gasteiger partial charge in [-0.25, -0.2) is 0 Å². The average Bonchev–Trinajstić information content (AvgIpc) is 3.45. The van der Waals surface area contributed by atoms with Gasteiger partial charge >= 0.3 is 0 Å². The van der Waals surface area contributed by atoms with Crippen LogP contribution in [0.3, 0.4) is 0 Å². The minimum atomic E-state index is -1.08. The fourth-order valence-corrected chi connectivity index (χ4v) is 4.50.